The zero-order valence-electron chi connectivity index (χ0n) is 17.2. The fourth-order valence-electron chi connectivity index (χ4n) is 2.41. The van der Waals surface area contributed by atoms with E-state index in [1.165, 1.54) is 24.3 Å². The van der Waals surface area contributed by atoms with Crippen LogP contribution in [0.1, 0.15) is 37.9 Å². The van der Waals surface area contributed by atoms with E-state index in [1.54, 1.807) is 32.9 Å². The summed E-state index contributed by atoms with van der Waals surface area (Å²) in [5.74, 6) is -0.614. The van der Waals surface area contributed by atoms with Crippen LogP contribution in [0.15, 0.2) is 54.6 Å². The molecule has 0 spiro atoms. The van der Waals surface area contributed by atoms with Crippen molar-refractivity contribution in [3.8, 4) is 5.75 Å². The summed E-state index contributed by atoms with van der Waals surface area (Å²) in [5, 5.41) is 2.50. The van der Waals surface area contributed by atoms with E-state index in [0.717, 1.165) is 11.8 Å². The maximum absolute atomic E-state index is 12.7. The second kappa shape index (κ2) is 9.62. The summed E-state index contributed by atoms with van der Waals surface area (Å²) in [7, 11) is -3.69. The van der Waals surface area contributed by atoms with Crippen molar-refractivity contribution in [1.82, 2.24) is 5.32 Å². The average molecular weight is 435 g/mol. The van der Waals surface area contributed by atoms with Crippen molar-refractivity contribution in [2.45, 2.75) is 39.0 Å². The standard InChI is InChI=1S/C21H25NO7S/c1-21(2,3)28-20(24)22-18(19(23)27-14-15-8-6-5-7-9-15)16-10-12-17(13-11-16)29-30(4,25)26/h5-13,18H,14H2,1-4H3,(H,22,24). The highest BCUT2D eigenvalue weighted by Gasteiger charge is 2.27. The molecule has 9 heteroatoms. The van der Waals surface area contributed by atoms with E-state index in [1.807, 2.05) is 18.2 Å². The summed E-state index contributed by atoms with van der Waals surface area (Å²) in [4.78, 5) is 24.9. The lowest BCUT2D eigenvalue weighted by molar-refractivity contribution is -0.147. The Kier molecular flexibility index (Phi) is 7.44. The highest BCUT2D eigenvalue weighted by Crippen LogP contribution is 2.21. The van der Waals surface area contributed by atoms with Crippen LogP contribution in [0.5, 0.6) is 5.75 Å². The molecule has 0 heterocycles. The Balaban J connectivity index is 2.19. The van der Waals surface area contributed by atoms with Crippen molar-refractivity contribution in [3.63, 3.8) is 0 Å². The molecule has 0 saturated heterocycles. The Morgan fingerprint density at radius 1 is 1.00 bits per heavy atom. The van der Waals surface area contributed by atoms with Gasteiger partial charge in [0.25, 0.3) is 0 Å². The van der Waals surface area contributed by atoms with Gasteiger partial charge in [0.1, 0.15) is 18.0 Å². The molecule has 162 valence electrons. The van der Waals surface area contributed by atoms with Gasteiger partial charge >= 0.3 is 22.2 Å². The van der Waals surface area contributed by atoms with Crippen molar-refractivity contribution in [1.29, 1.82) is 0 Å². The summed E-state index contributed by atoms with van der Waals surface area (Å²) in [6, 6.07) is 13.6. The topological polar surface area (TPSA) is 108 Å². The van der Waals surface area contributed by atoms with Gasteiger partial charge in [-0.2, -0.15) is 8.42 Å². The Morgan fingerprint density at radius 2 is 1.60 bits per heavy atom. The number of hydrogen-bond donors (Lipinski definition) is 1. The molecule has 0 saturated carbocycles. The van der Waals surface area contributed by atoms with E-state index in [4.69, 9.17) is 13.7 Å². The molecular weight excluding hydrogens is 410 g/mol. The van der Waals surface area contributed by atoms with E-state index in [9.17, 15) is 18.0 Å². The van der Waals surface area contributed by atoms with Crippen LogP contribution in [0.4, 0.5) is 4.79 Å². The van der Waals surface area contributed by atoms with Crippen LogP contribution in [0.2, 0.25) is 0 Å². The molecule has 0 aromatic heterocycles. The number of alkyl carbamates (subject to hydrolysis) is 1. The minimum atomic E-state index is -3.69. The van der Waals surface area contributed by atoms with Crippen molar-refractivity contribution < 1.29 is 31.7 Å². The third kappa shape index (κ3) is 8.12. The third-order valence-corrected chi connectivity index (χ3v) is 4.08. The lowest BCUT2D eigenvalue weighted by atomic mass is 10.1. The fraction of sp³-hybridized carbons (Fsp3) is 0.333. The molecule has 0 radical (unpaired) electrons. The van der Waals surface area contributed by atoms with Crippen LogP contribution in [-0.2, 0) is 31.0 Å². The number of ether oxygens (including phenoxy) is 2. The quantitative estimate of drug-likeness (QED) is 0.525. The zero-order valence-corrected chi connectivity index (χ0v) is 18.1. The Hall–Kier alpha value is -3.07. The molecule has 1 N–H and O–H groups in total. The minimum Gasteiger partial charge on any atom is -0.459 e. The molecule has 1 unspecified atom stereocenters. The second-order valence-corrected chi connectivity index (χ2v) is 9.10. The molecule has 1 amide bonds. The van der Waals surface area contributed by atoms with Gasteiger partial charge in [0.2, 0.25) is 0 Å². The number of nitrogens with one attached hydrogen (secondary N) is 1. The molecule has 0 aliphatic heterocycles. The van der Waals surface area contributed by atoms with Gasteiger partial charge in [-0.25, -0.2) is 9.59 Å². The van der Waals surface area contributed by atoms with Crippen LogP contribution in [0.3, 0.4) is 0 Å². The first-order chi connectivity index (χ1) is 13.9. The molecule has 2 rings (SSSR count). The van der Waals surface area contributed by atoms with Gasteiger partial charge in [-0.1, -0.05) is 42.5 Å². The highest BCUT2D eigenvalue weighted by molar-refractivity contribution is 7.86. The normalized spacial score (nSPS) is 12.5. The van der Waals surface area contributed by atoms with Crippen LogP contribution < -0.4 is 9.50 Å². The van der Waals surface area contributed by atoms with Gasteiger partial charge in [0.15, 0.2) is 6.04 Å². The molecule has 30 heavy (non-hydrogen) atoms. The van der Waals surface area contributed by atoms with Crippen molar-refractivity contribution in [3.05, 3.63) is 65.7 Å². The van der Waals surface area contributed by atoms with E-state index in [-0.39, 0.29) is 12.4 Å². The van der Waals surface area contributed by atoms with Gasteiger partial charge in [0.05, 0.1) is 6.26 Å². The molecule has 0 bridgehead atoms. The number of esters is 1. The summed E-state index contributed by atoms with van der Waals surface area (Å²) in [5.41, 5.74) is 0.411. The number of benzene rings is 2. The number of carbonyl (C=O) groups excluding carboxylic acids is 2. The van der Waals surface area contributed by atoms with Crippen molar-refractivity contribution in [2.75, 3.05) is 6.26 Å². The smallest absolute Gasteiger partial charge is 0.408 e. The van der Waals surface area contributed by atoms with Crippen molar-refractivity contribution >= 4 is 22.2 Å². The van der Waals surface area contributed by atoms with Crippen LogP contribution >= 0.6 is 0 Å². The molecule has 0 aliphatic carbocycles. The number of rotatable bonds is 7. The maximum atomic E-state index is 12.7. The molecular formula is C21H25NO7S. The molecule has 2 aromatic rings. The Morgan fingerprint density at radius 3 is 2.13 bits per heavy atom. The van der Waals surface area contributed by atoms with Crippen molar-refractivity contribution in [2.24, 2.45) is 0 Å². The van der Waals surface area contributed by atoms with Crippen LogP contribution in [0, 0.1) is 0 Å². The maximum Gasteiger partial charge on any atom is 0.408 e. The van der Waals surface area contributed by atoms with Gasteiger partial charge in [-0.05, 0) is 44.0 Å². The van der Waals surface area contributed by atoms with E-state index < -0.39 is 33.8 Å². The average Bonchev–Trinajstić information content (AvgIpc) is 2.63. The van der Waals surface area contributed by atoms with E-state index >= 15 is 0 Å². The van der Waals surface area contributed by atoms with Crippen LogP contribution in [-0.4, -0.2) is 32.3 Å². The first-order valence-corrected chi connectivity index (χ1v) is 10.9. The van der Waals surface area contributed by atoms with Gasteiger partial charge in [-0.15, -0.1) is 0 Å². The molecule has 8 nitrogen and oxygen atoms in total. The van der Waals surface area contributed by atoms with E-state index in [2.05, 4.69) is 5.32 Å². The van der Waals surface area contributed by atoms with Gasteiger partial charge in [-0.3, -0.25) is 0 Å². The molecule has 1 atom stereocenters. The molecule has 0 fully saturated rings. The minimum absolute atomic E-state index is 0.0292. The monoisotopic (exact) mass is 435 g/mol. The SMILES string of the molecule is CC(C)(C)OC(=O)NC(C(=O)OCc1ccccc1)c1ccc(OS(C)(=O)=O)cc1. The van der Waals surface area contributed by atoms with Gasteiger partial charge in [0, 0.05) is 0 Å². The summed E-state index contributed by atoms with van der Waals surface area (Å²) in [6.45, 7) is 5.13. The molecule has 0 aliphatic rings. The highest BCUT2D eigenvalue weighted by atomic mass is 32.2. The number of carbonyl (C=O) groups is 2. The summed E-state index contributed by atoms with van der Waals surface area (Å²) < 4.78 is 37.9. The van der Waals surface area contributed by atoms with E-state index in [0.29, 0.717) is 5.56 Å². The third-order valence-electron chi connectivity index (χ3n) is 3.58. The number of hydrogen-bond acceptors (Lipinski definition) is 7. The summed E-state index contributed by atoms with van der Waals surface area (Å²) in [6.07, 6.45) is 0.134. The first-order valence-electron chi connectivity index (χ1n) is 9.12. The second-order valence-electron chi connectivity index (χ2n) is 7.53. The number of amides is 1. The Labute approximate surface area is 176 Å². The van der Waals surface area contributed by atoms with Gasteiger partial charge < -0.3 is 19.0 Å². The lowest BCUT2D eigenvalue weighted by Crippen LogP contribution is -2.38. The largest absolute Gasteiger partial charge is 0.459 e. The Bertz CT molecular complexity index is 965. The lowest BCUT2D eigenvalue weighted by Gasteiger charge is -2.23. The first kappa shape index (κ1) is 23.2. The predicted molar refractivity (Wildman–Crippen MR) is 110 cm³/mol. The fourth-order valence-corrected chi connectivity index (χ4v) is 2.87. The molecule has 2 aromatic carbocycles. The van der Waals surface area contributed by atoms with Crippen LogP contribution in [0.25, 0.3) is 0 Å². The summed E-state index contributed by atoms with van der Waals surface area (Å²) >= 11 is 0. The zero-order chi connectivity index (χ0) is 22.4. The predicted octanol–water partition coefficient (Wildman–Crippen LogP) is 3.33.